The van der Waals surface area contributed by atoms with Crippen LogP contribution >= 0.6 is 22.7 Å². The number of aryl methyl sites for hydroxylation is 1. The number of rotatable bonds is 6. The zero-order chi connectivity index (χ0) is 22.3. The Hall–Kier alpha value is -3.28. The van der Waals surface area contributed by atoms with Crippen molar-refractivity contribution in [1.82, 2.24) is 4.98 Å². The number of carbonyl (C=O) groups excluding carboxylic acids is 1. The summed E-state index contributed by atoms with van der Waals surface area (Å²) in [5, 5.41) is 11.9. The van der Waals surface area contributed by atoms with E-state index in [1.807, 2.05) is 0 Å². The van der Waals surface area contributed by atoms with Crippen molar-refractivity contribution in [1.29, 1.82) is 0 Å². The Bertz CT molecular complexity index is 1440. The number of fused-ring (bicyclic) bond motifs is 1. The van der Waals surface area contributed by atoms with Crippen LogP contribution in [0.3, 0.4) is 0 Å². The summed E-state index contributed by atoms with van der Waals surface area (Å²) in [5.74, 6) is -1.95. The molecule has 4 aromatic rings. The lowest BCUT2D eigenvalue weighted by Crippen LogP contribution is -2.15. The fourth-order valence-corrected chi connectivity index (χ4v) is 6.05. The van der Waals surface area contributed by atoms with Crippen molar-refractivity contribution < 1.29 is 23.1 Å². The summed E-state index contributed by atoms with van der Waals surface area (Å²) in [4.78, 5) is 27.9. The normalized spacial score (nSPS) is 11.5. The van der Waals surface area contributed by atoms with E-state index >= 15 is 0 Å². The molecule has 2 aromatic heterocycles. The molecule has 4 rings (SSSR count). The molecule has 0 aliphatic rings. The van der Waals surface area contributed by atoms with E-state index in [-0.39, 0.29) is 21.0 Å². The maximum atomic E-state index is 12.9. The average molecular weight is 474 g/mol. The van der Waals surface area contributed by atoms with Crippen molar-refractivity contribution in [3.8, 4) is 11.1 Å². The Morgan fingerprint density at radius 3 is 2.52 bits per heavy atom. The zero-order valence-corrected chi connectivity index (χ0v) is 18.4. The third-order valence-electron chi connectivity index (χ3n) is 4.45. The van der Waals surface area contributed by atoms with Crippen LogP contribution in [0.1, 0.15) is 25.0 Å². The second-order valence-corrected chi connectivity index (χ2v) is 10.3. The van der Waals surface area contributed by atoms with Gasteiger partial charge in [0, 0.05) is 10.9 Å². The van der Waals surface area contributed by atoms with Crippen LogP contribution in [0.25, 0.3) is 21.3 Å². The van der Waals surface area contributed by atoms with Crippen LogP contribution < -0.4 is 10.5 Å². The van der Waals surface area contributed by atoms with Gasteiger partial charge in [-0.05, 0) is 36.8 Å². The largest absolute Gasteiger partial charge is 0.477 e. The van der Waals surface area contributed by atoms with E-state index in [0.29, 0.717) is 21.3 Å². The van der Waals surface area contributed by atoms with E-state index < -0.39 is 21.9 Å². The van der Waals surface area contributed by atoms with Crippen molar-refractivity contribution in [3.05, 3.63) is 63.3 Å². The molecule has 0 fully saturated rings. The number of aromatic nitrogens is 1. The summed E-state index contributed by atoms with van der Waals surface area (Å²) in [6.07, 6.45) is 0. The van der Waals surface area contributed by atoms with Crippen molar-refractivity contribution >= 4 is 60.5 Å². The third kappa shape index (κ3) is 3.90. The highest BCUT2D eigenvalue weighted by atomic mass is 32.2. The minimum Gasteiger partial charge on any atom is -0.477 e. The maximum Gasteiger partial charge on any atom is 0.348 e. The second kappa shape index (κ2) is 7.76. The van der Waals surface area contributed by atoms with Gasteiger partial charge in [0.05, 0.1) is 31.4 Å². The standard InChI is InChI=1S/C20H15N3O5S3/c1-10-22-16-13(19(21)24)7-11(8-15(16)30-10)14-9-29-18(20(25)26)17(14)23-31(27,28)12-5-3-2-4-6-12/h2-9,23H,1H3,(H2,21,24)(H,25,26). The van der Waals surface area contributed by atoms with Crippen LogP contribution in [-0.2, 0) is 10.0 Å². The van der Waals surface area contributed by atoms with Gasteiger partial charge < -0.3 is 10.8 Å². The Morgan fingerprint density at radius 2 is 1.87 bits per heavy atom. The molecule has 0 unspecified atom stereocenters. The fourth-order valence-electron chi connectivity index (χ4n) is 3.11. The minimum absolute atomic E-state index is 0.00477. The van der Waals surface area contributed by atoms with Crippen LogP contribution in [0.4, 0.5) is 5.69 Å². The number of hydrogen-bond acceptors (Lipinski definition) is 7. The number of aromatic carboxylic acids is 1. The average Bonchev–Trinajstić information content (AvgIpc) is 3.29. The van der Waals surface area contributed by atoms with E-state index in [9.17, 15) is 23.1 Å². The third-order valence-corrected chi connectivity index (χ3v) is 7.70. The predicted octanol–water partition coefficient (Wildman–Crippen LogP) is 3.93. The van der Waals surface area contributed by atoms with Gasteiger partial charge in [0.2, 0.25) is 0 Å². The van der Waals surface area contributed by atoms with Crippen LogP contribution in [0, 0.1) is 6.92 Å². The molecule has 2 heterocycles. The molecule has 0 saturated carbocycles. The van der Waals surface area contributed by atoms with Gasteiger partial charge in [-0.25, -0.2) is 18.2 Å². The molecular weight excluding hydrogens is 458 g/mol. The monoisotopic (exact) mass is 473 g/mol. The number of nitrogens with one attached hydrogen (secondary N) is 1. The summed E-state index contributed by atoms with van der Waals surface area (Å²) >= 11 is 2.24. The van der Waals surface area contributed by atoms with Crippen molar-refractivity contribution in [2.24, 2.45) is 5.73 Å². The van der Waals surface area contributed by atoms with Crippen LogP contribution in [0.15, 0.2) is 52.7 Å². The first-order chi connectivity index (χ1) is 14.7. The quantitative estimate of drug-likeness (QED) is 0.388. The summed E-state index contributed by atoms with van der Waals surface area (Å²) in [7, 11) is -4.04. The summed E-state index contributed by atoms with van der Waals surface area (Å²) in [6.45, 7) is 1.79. The van der Waals surface area contributed by atoms with E-state index in [4.69, 9.17) is 5.73 Å². The topological polar surface area (TPSA) is 139 Å². The first-order valence-electron chi connectivity index (χ1n) is 8.81. The highest BCUT2D eigenvalue weighted by molar-refractivity contribution is 7.92. The van der Waals surface area contributed by atoms with E-state index in [2.05, 4.69) is 9.71 Å². The number of amides is 1. The molecule has 0 atom stereocenters. The molecule has 31 heavy (non-hydrogen) atoms. The van der Waals surface area contributed by atoms with Gasteiger partial charge in [-0.1, -0.05) is 18.2 Å². The minimum atomic E-state index is -4.04. The molecule has 11 heteroatoms. The lowest BCUT2D eigenvalue weighted by Gasteiger charge is -2.11. The number of thiazole rings is 1. The summed E-state index contributed by atoms with van der Waals surface area (Å²) < 4.78 is 28.8. The first kappa shape index (κ1) is 21.0. The number of benzene rings is 2. The molecule has 8 nitrogen and oxygen atoms in total. The van der Waals surface area contributed by atoms with Gasteiger partial charge >= 0.3 is 5.97 Å². The van der Waals surface area contributed by atoms with Crippen molar-refractivity contribution in [3.63, 3.8) is 0 Å². The lowest BCUT2D eigenvalue weighted by molar-refractivity contribution is 0.0703. The number of nitrogens with two attached hydrogens (primary N) is 1. The molecule has 0 spiro atoms. The molecule has 0 aliphatic heterocycles. The Labute approximate surface area is 185 Å². The fraction of sp³-hybridized carbons (Fsp3) is 0.0500. The lowest BCUT2D eigenvalue weighted by atomic mass is 10.0. The molecular formula is C20H15N3O5S3. The number of nitrogens with zero attached hydrogens (tertiary/aromatic N) is 1. The number of hydrogen-bond donors (Lipinski definition) is 3. The van der Waals surface area contributed by atoms with Crippen LogP contribution in [0.5, 0.6) is 0 Å². The molecule has 0 bridgehead atoms. The molecule has 0 aliphatic carbocycles. The number of sulfonamides is 1. The van der Waals surface area contributed by atoms with Gasteiger partial charge in [-0.15, -0.1) is 22.7 Å². The summed E-state index contributed by atoms with van der Waals surface area (Å²) in [6, 6.07) is 10.9. The molecule has 158 valence electrons. The number of thiophene rings is 1. The SMILES string of the molecule is Cc1nc2c(C(N)=O)cc(-c3csc(C(=O)O)c3NS(=O)(=O)c3ccccc3)cc2s1. The smallest absolute Gasteiger partial charge is 0.348 e. The molecule has 2 aromatic carbocycles. The van der Waals surface area contributed by atoms with Crippen LogP contribution in [-0.4, -0.2) is 30.4 Å². The Morgan fingerprint density at radius 1 is 1.16 bits per heavy atom. The summed E-state index contributed by atoms with van der Waals surface area (Å²) in [5.41, 5.74) is 6.88. The second-order valence-electron chi connectivity index (χ2n) is 6.54. The first-order valence-corrected chi connectivity index (χ1v) is 12.0. The van der Waals surface area contributed by atoms with Crippen molar-refractivity contribution in [2.75, 3.05) is 4.72 Å². The molecule has 1 amide bonds. The number of primary amides is 1. The van der Waals surface area contributed by atoms with Gasteiger partial charge in [0.25, 0.3) is 15.9 Å². The predicted molar refractivity (Wildman–Crippen MR) is 120 cm³/mol. The number of anilines is 1. The van der Waals surface area contributed by atoms with E-state index in [0.717, 1.165) is 16.3 Å². The number of carbonyl (C=O) groups is 2. The highest BCUT2D eigenvalue weighted by Crippen LogP contribution is 2.40. The van der Waals surface area contributed by atoms with E-state index in [1.165, 1.54) is 34.9 Å². The molecule has 4 N–H and O–H groups in total. The van der Waals surface area contributed by atoms with Crippen LogP contribution in [0.2, 0.25) is 0 Å². The van der Waals surface area contributed by atoms with Crippen molar-refractivity contribution in [2.45, 2.75) is 11.8 Å². The van der Waals surface area contributed by atoms with Gasteiger partial charge in [-0.3, -0.25) is 9.52 Å². The molecule has 0 radical (unpaired) electrons. The van der Waals surface area contributed by atoms with Gasteiger partial charge in [0.1, 0.15) is 4.88 Å². The number of carboxylic acids is 1. The highest BCUT2D eigenvalue weighted by Gasteiger charge is 2.25. The van der Waals surface area contributed by atoms with E-state index in [1.54, 1.807) is 31.2 Å². The Kier molecular flexibility index (Phi) is 5.25. The maximum absolute atomic E-state index is 12.9. The number of carboxylic acid groups (broad SMARTS) is 1. The van der Waals surface area contributed by atoms with Gasteiger partial charge in [0.15, 0.2) is 0 Å². The molecule has 0 saturated heterocycles. The zero-order valence-electron chi connectivity index (χ0n) is 15.9. The Balaban J connectivity index is 1.91. The van der Waals surface area contributed by atoms with Gasteiger partial charge in [-0.2, -0.15) is 0 Å².